The maximum atomic E-state index is 11.8. The molecule has 8 heteroatoms. The monoisotopic (exact) mass is 325 g/mol. The Morgan fingerprint density at radius 1 is 1.05 bits per heavy atom. The van der Waals surface area contributed by atoms with E-state index >= 15 is 0 Å². The highest BCUT2D eigenvalue weighted by molar-refractivity contribution is 8.13. The average molecular weight is 326 g/mol. The van der Waals surface area contributed by atoms with Crippen LogP contribution in [-0.2, 0) is 25.6 Å². The first-order valence-corrected chi connectivity index (χ1v) is 9.25. The minimum absolute atomic E-state index is 0.0170. The van der Waals surface area contributed by atoms with Crippen molar-refractivity contribution in [1.29, 1.82) is 0 Å². The number of sulfonamides is 1. The molecule has 0 saturated carbocycles. The van der Waals surface area contributed by atoms with Crippen LogP contribution in [-0.4, -0.2) is 21.6 Å². The van der Waals surface area contributed by atoms with E-state index in [4.69, 9.17) is 10.7 Å². The normalized spacial score (nSPS) is 13.5. The Morgan fingerprint density at radius 3 is 1.89 bits per heavy atom. The van der Waals surface area contributed by atoms with E-state index in [0.29, 0.717) is 5.56 Å². The molecule has 0 atom stereocenters. The third-order valence-electron chi connectivity index (χ3n) is 2.48. The van der Waals surface area contributed by atoms with Crippen LogP contribution in [0.5, 0.6) is 0 Å². The third-order valence-corrected chi connectivity index (χ3v) is 5.98. The zero-order chi connectivity index (χ0) is 14.9. The lowest BCUT2D eigenvalue weighted by Crippen LogP contribution is -2.38. The van der Waals surface area contributed by atoms with E-state index in [9.17, 15) is 16.8 Å². The van der Waals surface area contributed by atoms with Crippen LogP contribution in [0.15, 0.2) is 29.2 Å². The summed E-state index contributed by atoms with van der Waals surface area (Å²) in [5.41, 5.74) is 0.650. The lowest BCUT2D eigenvalue weighted by molar-refractivity contribution is 0.544. The fourth-order valence-electron chi connectivity index (χ4n) is 1.16. The van der Waals surface area contributed by atoms with E-state index in [1.54, 1.807) is 20.8 Å². The second-order valence-corrected chi connectivity index (χ2v) is 10.1. The van der Waals surface area contributed by atoms with Crippen LogP contribution in [0.4, 0.5) is 0 Å². The molecule has 0 radical (unpaired) electrons. The van der Waals surface area contributed by atoms with Crippen LogP contribution in [0.25, 0.3) is 0 Å². The Bertz CT molecular complexity index is 643. The SMILES string of the molecule is CC(C)(C)S(=O)(=O)NCc1ccc(S(=O)(=O)Cl)cc1. The Balaban J connectivity index is 2.82. The van der Waals surface area contributed by atoms with E-state index in [1.165, 1.54) is 24.3 Å². The molecule has 1 rings (SSSR count). The number of nitrogens with one attached hydrogen (secondary N) is 1. The molecule has 0 amide bonds. The van der Waals surface area contributed by atoms with Crippen LogP contribution in [0.3, 0.4) is 0 Å². The predicted octanol–water partition coefficient (Wildman–Crippen LogP) is 1.83. The van der Waals surface area contributed by atoms with Crippen molar-refractivity contribution in [2.24, 2.45) is 0 Å². The molecule has 0 fully saturated rings. The van der Waals surface area contributed by atoms with Gasteiger partial charge in [0.25, 0.3) is 9.05 Å². The molecule has 1 aromatic carbocycles. The lowest BCUT2D eigenvalue weighted by atomic mass is 10.2. The van der Waals surface area contributed by atoms with Gasteiger partial charge in [-0.15, -0.1) is 0 Å². The molecular formula is C11H16ClNO4S2. The maximum absolute atomic E-state index is 11.8. The Kier molecular flexibility index (Phi) is 4.66. The zero-order valence-electron chi connectivity index (χ0n) is 10.8. The number of benzene rings is 1. The zero-order valence-corrected chi connectivity index (χ0v) is 13.2. The van der Waals surface area contributed by atoms with Crippen molar-refractivity contribution < 1.29 is 16.8 Å². The molecule has 0 aromatic heterocycles. The highest BCUT2D eigenvalue weighted by atomic mass is 35.7. The van der Waals surface area contributed by atoms with Gasteiger partial charge in [-0.1, -0.05) is 12.1 Å². The summed E-state index contributed by atoms with van der Waals surface area (Å²) in [6.45, 7) is 4.89. The molecule has 5 nitrogen and oxygen atoms in total. The molecule has 0 saturated heterocycles. The van der Waals surface area contributed by atoms with Gasteiger partial charge in [0.05, 0.1) is 9.64 Å². The molecule has 108 valence electrons. The smallest absolute Gasteiger partial charge is 0.212 e. The number of hydrogen-bond donors (Lipinski definition) is 1. The lowest BCUT2D eigenvalue weighted by Gasteiger charge is -2.19. The molecule has 1 aromatic rings. The number of halogens is 1. The summed E-state index contributed by atoms with van der Waals surface area (Å²) >= 11 is 0. The van der Waals surface area contributed by atoms with Crippen molar-refractivity contribution in [2.75, 3.05) is 0 Å². The third kappa shape index (κ3) is 4.45. The second kappa shape index (κ2) is 5.40. The molecule has 0 heterocycles. The topological polar surface area (TPSA) is 80.3 Å². The molecule has 0 aliphatic rings. The summed E-state index contributed by atoms with van der Waals surface area (Å²) in [4.78, 5) is -0.0170. The van der Waals surface area contributed by atoms with Gasteiger partial charge in [-0.3, -0.25) is 0 Å². The van der Waals surface area contributed by atoms with Crippen molar-refractivity contribution in [3.63, 3.8) is 0 Å². The summed E-state index contributed by atoms with van der Waals surface area (Å²) in [5, 5.41) is 0. The van der Waals surface area contributed by atoms with Gasteiger partial charge in [-0.05, 0) is 38.5 Å². The van der Waals surface area contributed by atoms with Gasteiger partial charge in [0, 0.05) is 17.2 Å². The van der Waals surface area contributed by atoms with Crippen molar-refractivity contribution in [1.82, 2.24) is 4.72 Å². The van der Waals surface area contributed by atoms with Gasteiger partial charge in [-0.2, -0.15) is 0 Å². The van der Waals surface area contributed by atoms with Gasteiger partial charge in [0.1, 0.15) is 0 Å². The molecule has 0 bridgehead atoms. The largest absolute Gasteiger partial charge is 0.261 e. The van der Waals surface area contributed by atoms with Gasteiger partial charge in [-0.25, -0.2) is 21.6 Å². The fourth-order valence-corrected chi connectivity index (χ4v) is 2.72. The van der Waals surface area contributed by atoms with Crippen LogP contribution in [0.2, 0.25) is 0 Å². The van der Waals surface area contributed by atoms with Gasteiger partial charge < -0.3 is 0 Å². The molecule has 0 aliphatic carbocycles. The number of rotatable bonds is 4. The first-order valence-electron chi connectivity index (χ1n) is 5.46. The second-order valence-electron chi connectivity index (χ2n) is 5.02. The van der Waals surface area contributed by atoms with E-state index < -0.39 is 23.8 Å². The van der Waals surface area contributed by atoms with E-state index in [1.807, 2.05) is 0 Å². The quantitative estimate of drug-likeness (QED) is 0.856. The average Bonchev–Trinajstić information content (AvgIpc) is 2.24. The van der Waals surface area contributed by atoms with Crippen molar-refractivity contribution in [2.45, 2.75) is 37.0 Å². The van der Waals surface area contributed by atoms with Gasteiger partial charge in [0.2, 0.25) is 10.0 Å². The molecule has 1 N–H and O–H groups in total. The number of hydrogen-bond acceptors (Lipinski definition) is 4. The summed E-state index contributed by atoms with van der Waals surface area (Å²) in [6.07, 6.45) is 0. The summed E-state index contributed by atoms with van der Waals surface area (Å²) in [5.74, 6) is 0. The Labute approximate surface area is 118 Å². The van der Waals surface area contributed by atoms with E-state index in [0.717, 1.165) is 0 Å². The Hall–Kier alpha value is -0.630. The molecule has 0 unspecified atom stereocenters. The summed E-state index contributed by atoms with van der Waals surface area (Å²) < 4.78 is 47.3. The summed E-state index contributed by atoms with van der Waals surface area (Å²) in [7, 11) is -2.00. The minimum atomic E-state index is -3.75. The van der Waals surface area contributed by atoms with Crippen molar-refractivity contribution in [3.05, 3.63) is 29.8 Å². The first kappa shape index (κ1) is 16.4. The van der Waals surface area contributed by atoms with Crippen molar-refractivity contribution in [3.8, 4) is 0 Å². The van der Waals surface area contributed by atoms with Gasteiger partial charge >= 0.3 is 0 Å². The van der Waals surface area contributed by atoms with Crippen LogP contribution in [0, 0.1) is 0 Å². The molecular weight excluding hydrogens is 310 g/mol. The standard InChI is InChI=1S/C11H16ClNO4S2/c1-11(2,3)19(16,17)13-8-9-4-6-10(7-5-9)18(12,14)15/h4-7,13H,8H2,1-3H3. The maximum Gasteiger partial charge on any atom is 0.261 e. The van der Waals surface area contributed by atoms with Crippen molar-refractivity contribution >= 4 is 29.8 Å². The molecule has 19 heavy (non-hydrogen) atoms. The van der Waals surface area contributed by atoms with Crippen LogP contribution < -0.4 is 4.72 Å². The van der Waals surface area contributed by atoms with Crippen LogP contribution >= 0.6 is 10.7 Å². The van der Waals surface area contributed by atoms with E-state index in [-0.39, 0.29) is 11.4 Å². The highest BCUT2D eigenvalue weighted by Gasteiger charge is 2.28. The molecule has 0 aliphatic heterocycles. The van der Waals surface area contributed by atoms with E-state index in [2.05, 4.69) is 4.72 Å². The highest BCUT2D eigenvalue weighted by Crippen LogP contribution is 2.17. The van der Waals surface area contributed by atoms with Crippen LogP contribution in [0.1, 0.15) is 26.3 Å². The minimum Gasteiger partial charge on any atom is -0.212 e. The summed E-state index contributed by atoms with van der Waals surface area (Å²) in [6, 6.07) is 5.70. The fraction of sp³-hybridized carbons (Fsp3) is 0.455. The first-order chi connectivity index (χ1) is 8.43. The van der Waals surface area contributed by atoms with Gasteiger partial charge in [0.15, 0.2) is 0 Å². The molecule has 0 spiro atoms. The predicted molar refractivity (Wildman–Crippen MR) is 75.0 cm³/mol. The Morgan fingerprint density at radius 2 is 1.53 bits per heavy atom.